The molecule has 28 heavy (non-hydrogen) atoms. The van der Waals surface area contributed by atoms with Crippen molar-refractivity contribution >= 4 is 11.0 Å². The molecule has 0 aliphatic carbocycles. The number of ether oxygens (including phenoxy) is 1. The van der Waals surface area contributed by atoms with Crippen LogP contribution in [0.25, 0.3) is 22.2 Å². The molecular formula is C21H17F2N3O2. The normalized spacial score (nSPS) is 11.1. The maximum atomic E-state index is 13.5. The third-order valence-corrected chi connectivity index (χ3v) is 4.66. The standard InChI is InChI=1S/C21H17F2N3O2/c1-25-11-16(14-4-3-5-15(9-14)28-2)19-20(25)21(27)26(12-24-19)10-13-6-7-17(22)18(23)8-13/h3-9,11-12H,10H2,1-2H3. The molecule has 7 heteroatoms. The molecule has 0 aliphatic heterocycles. The van der Waals surface area contributed by atoms with Crippen LogP contribution in [-0.4, -0.2) is 21.2 Å². The number of fused-ring (bicyclic) bond motifs is 1. The Hall–Kier alpha value is -3.48. The summed E-state index contributed by atoms with van der Waals surface area (Å²) in [5, 5.41) is 0. The molecule has 0 radical (unpaired) electrons. The Balaban J connectivity index is 1.80. The van der Waals surface area contributed by atoms with Crippen molar-refractivity contribution in [1.29, 1.82) is 0 Å². The van der Waals surface area contributed by atoms with Crippen molar-refractivity contribution in [3.05, 3.63) is 82.5 Å². The highest BCUT2D eigenvalue weighted by Gasteiger charge is 2.15. The summed E-state index contributed by atoms with van der Waals surface area (Å²) in [4.78, 5) is 17.4. The first kappa shape index (κ1) is 17.9. The number of aromatic nitrogens is 3. The molecule has 0 fully saturated rings. The van der Waals surface area contributed by atoms with Gasteiger partial charge < -0.3 is 9.30 Å². The molecule has 2 aromatic carbocycles. The second kappa shape index (κ2) is 6.92. The van der Waals surface area contributed by atoms with Crippen molar-refractivity contribution in [3.8, 4) is 16.9 Å². The molecule has 0 amide bonds. The first-order chi connectivity index (χ1) is 13.5. The summed E-state index contributed by atoms with van der Waals surface area (Å²) in [5.41, 5.74) is 2.92. The van der Waals surface area contributed by atoms with E-state index in [1.165, 1.54) is 17.0 Å². The third-order valence-electron chi connectivity index (χ3n) is 4.66. The van der Waals surface area contributed by atoms with Crippen LogP contribution in [0.4, 0.5) is 8.78 Å². The van der Waals surface area contributed by atoms with Crippen LogP contribution < -0.4 is 10.3 Å². The second-order valence-electron chi connectivity index (χ2n) is 6.51. The predicted octanol–water partition coefficient (Wildman–Crippen LogP) is 3.74. The lowest BCUT2D eigenvalue weighted by Crippen LogP contribution is -2.22. The van der Waals surface area contributed by atoms with Crippen molar-refractivity contribution in [2.24, 2.45) is 7.05 Å². The number of rotatable bonds is 4. The smallest absolute Gasteiger partial charge is 0.278 e. The highest BCUT2D eigenvalue weighted by atomic mass is 19.2. The molecule has 0 saturated carbocycles. The number of aryl methyl sites for hydroxylation is 1. The molecule has 0 aliphatic rings. The van der Waals surface area contributed by atoms with Gasteiger partial charge in [-0.25, -0.2) is 13.8 Å². The van der Waals surface area contributed by atoms with Crippen LogP contribution in [0, 0.1) is 11.6 Å². The van der Waals surface area contributed by atoms with E-state index < -0.39 is 11.6 Å². The first-order valence-corrected chi connectivity index (χ1v) is 8.60. The molecule has 2 heterocycles. The Kier molecular flexibility index (Phi) is 4.43. The monoisotopic (exact) mass is 381 g/mol. The van der Waals surface area contributed by atoms with Gasteiger partial charge in [-0.2, -0.15) is 0 Å². The number of hydrogen-bond donors (Lipinski definition) is 0. The van der Waals surface area contributed by atoms with E-state index in [1.807, 2.05) is 30.5 Å². The van der Waals surface area contributed by atoms with Gasteiger partial charge in [-0.15, -0.1) is 0 Å². The lowest BCUT2D eigenvalue weighted by Gasteiger charge is -2.07. The van der Waals surface area contributed by atoms with E-state index >= 15 is 0 Å². The fourth-order valence-electron chi connectivity index (χ4n) is 3.26. The minimum Gasteiger partial charge on any atom is -0.497 e. The van der Waals surface area contributed by atoms with Crippen LogP contribution in [0.2, 0.25) is 0 Å². The quantitative estimate of drug-likeness (QED) is 0.541. The molecule has 0 atom stereocenters. The van der Waals surface area contributed by atoms with E-state index in [0.717, 1.165) is 23.3 Å². The fraction of sp³-hybridized carbons (Fsp3) is 0.143. The van der Waals surface area contributed by atoms with Gasteiger partial charge in [0.15, 0.2) is 11.6 Å². The van der Waals surface area contributed by atoms with Crippen LogP contribution >= 0.6 is 0 Å². The van der Waals surface area contributed by atoms with E-state index in [-0.39, 0.29) is 12.1 Å². The van der Waals surface area contributed by atoms with Crippen LogP contribution in [0.3, 0.4) is 0 Å². The molecule has 0 unspecified atom stereocenters. The van der Waals surface area contributed by atoms with E-state index in [2.05, 4.69) is 4.98 Å². The predicted molar refractivity (Wildman–Crippen MR) is 102 cm³/mol. The number of methoxy groups -OCH3 is 1. The van der Waals surface area contributed by atoms with Gasteiger partial charge in [0.05, 0.1) is 20.0 Å². The van der Waals surface area contributed by atoms with E-state index in [1.54, 1.807) is 18.7 Å². The number of nitrogens with zero attached hydrogens (tertiary/aromatic N) is 3. The molecule has 0 spiro atoms. The second-order valence-corrected chi connectivity index (χ2v) is 6.51. The van der Waals surface area contributed by atoms with Crippen molar-refractivity contribution in [1.82, 2.24) is 14.1 Å². The Morgan fingerprint density at radius 3 is 2.68 bits per heavy atom. The highest BCUT2D eigenvalue weighted by Crippen LogP contribution is 2.29. The Bertz CT molecular complexity index is 1240. The molecule has 4 rings (SSSR count). The molecule has 0 bridgehead atoms. The average Bonchev–Trinajstić information content (AvgIpc) is 3.04. The Labute approximate surface area is 159 Å². The SMILES string of the molecule is COc1cccc(-c2cn(C)c3c(=O)n(Cc4ccc(F)c(F)c4)cnc23)c1. The van der Waals surface area contributed by atoms with Gasteiger partial charge >= 0.3 is 0 Å². The summed E-state index contributed by atoms with van der Waals surface area (Å²) in [5.74, 6) is -1.16. The summed E-state index contributed by atoms with van der Waals surface area (Å²) in [6.45, 7) is 0.0959. The molecule has 4 aromatic rings. The van der Waals surface area contributed by atoms with Crippen molar-refractivity contribution in [3.63, 3.8) is 0 Å². The molecule has 0 saturated heterocycles. The van der Waals surface area contributed by atoms with Crippen LogP contribution in [0.1, 0.15) is 5.56 Å². The topological polar surface area (TPSA) is 49.0 Å². The van der Waals surface area contributed by atoms with Crippen molar-refractivity contribution in [2.45, 2.75) is 6.54 Å². The zero-order valence-corrected chi connectivity index (χ0v) is 15.3. The molecular weight excluding hydrogens is 364 g/mol. The molecule has 2 aromatic heterocycles. The van der Waals surface area contributed by atoms with E-state index in [9.17, 15) is 13.6 Å². The first-order valence-electron chi connectivity index (χ1n) is 8.60. The summed E-state index contributed by atoms with van der Waals surface area (Å²) in [6.07, 6.45) is 3.27. The fourth-order valence-corrected chi connectivity index (χ4v) is 3.26. The minimum absolute atomic E-state index is 0.0959. The largest absolute Gasteiger partial charge is 0.497 e. The Morgan fingerprint density at radius 1 is 1.11 bits per heavy atom. The minimum atomic E-state index is -0.946. The average molecular weight is 381 g/mol. The number of benzene rings is 2. The lowest BCUT2D eigenvalue weighted by atomic mass is 10.1. The maximum absolute atomic E-state index is 13.5. The summed E-state index contributed by atoms with van der Waals surface area (Å²) < 4.78 is 35.0. The van der Waals surface area contributed by atoms with Gasteiger partial charge in [-0.05, 0) is 35.4 Å². The number of hydrogen-bond acceptors (Lipinski definition) is 3. The van der Waals surface area contributed by atoms with E-state index in [4.69, 9.17) is 4.74 Å². The lowest BCUT2D eigenvalue weighted by molar-refractivity contribution is 0.415. The highest BCUT2D eigenvalue weighted by molar-refractivity contribution is 5.92. The summed E-state index contributed by atoms with van der Waals surface area (Å²) in [6, 6.07) is 11.1. The van der Waals surface area contributed by atoms with Gasteiger partial charge in [-0.1, -0.05) is 18.2 Å². The van der Waals surface area contributed by atoms with Gasteiger partial charge in [0.2, 0.25) is 0 Å². The summed E-state index contributed by atoms with van der Waals surface area (Å²) >= 11 is 0. The maximum Gasteiger partial charge on any atom is 0.278 e. The van der Waals surface area contributed by atoms with Crippen molar-refractivity contribution < 1.29 is 13.5 Å². The van der Waals surface area contributed by atoms with Gasteiger partial charge in [0.25, 0.3) is 5.56 Å². The zero-order valence-electron chi connectivity index (χ0n) is 15.3. The number of halogens is 2. The van der Waals surface area contributed by atoms with Gasteiger partial charge in [0.1, 0.15) is 16.8 Å². The van der Waals surface area contributed by atoms with Crippen LogP contribution in [-0.2, 0) is 13.6 Å². The molecule has 5 nitrogen and oxygen atoms in total. The van der Waals surface area contributed by atoms with Crippen LogP contribution in [0.15, 0.2) is 59.8 Å². The van der Waals surface area contributed by atoms with Gasteiger partial charge in [0, 0.05) is 18.8 Å². The van der Waals surface area contributed by atoms with Crippen molar-refractivity contribution in [2.75, 3.05) is 7.11 Å². The summed E-state index contributed by atoms with van der Waals surface area (Å²) in [7, 11) is 3.37. The zero-order chi connectivity index (χ0) is 19.8. The van der Waals surface area contributed by atoms with E-state index in [0.29, 0.717) is 22.3 Å². The Morgan fingerprint density at radius 2 is 1.93 bits per heavy atom. The molecule has 0 N–H and O–H groups in total. The van der Waals surface area contributed by atoms with Gasteiger partial charge in [-0.3, -0.25) is 9.36 Å². The van der Waals surface area contributed by atoms with Crippen LogP contribution in [0.5, 0.6) is 5.75 Å². The molecule has 142 valence electrons. The third kappa shape index (κ3) is 3.05.